The van der Waals surface area contributed by atoms with Crippen LogP contribution in [0.4, 0.5) is 0 Å². The van der Waals surface area contributed by atoms with Crippen molar-refractivity contribution in [2.75, 3.05) is 0 Å². The van der Waals surface area contributed by atoms with Gasteiger partial charge < -0.3 is 0 Å². The molecule has 0 saturated heterocycles. The summed E-state index contributed by atoms with van der Waals surface area (Å²) in [6.45, 7) is 0. The predicted molar refractivity (Wildman–Crippen MR) is 143 cm³/mol. The van der Waals surface area contributed by atoms with Gasteiger partial charge in [-0.1, -0.05) is 127 Å². The molecule has 0 heterocycles. The zero-order chi connectivity index (χ0) is 24.3. The molecule has 4 aromatic carbocycles. The van der Waals surface area contributed by atoms with Crippen molar-refractivity contribution in [3.05, 3.63) is 150 Å². The van der Waals surface area contributed by atoms with E-state index in [-0.39, 0.29) is 11.6 Å². The Bertz CT molecular complexity index is 1550. The van der Waals surface area contributed by atoms with Gasteiger partial charge in [-0.3, -0.25) is 9.59 Å². The molecule has 2 heteroatoms. The Kier molecular flexibility index (Phi) is 4.59. The van der Waals surface area contributed by atoms with Crippen molar-refractivity contribution in [1.29, 1.82) is 0 Å². The molecule has 4 atom stereocenters. The van der Waals surface area contributed by atoms with Crippen molar-refractivity contribution in [2.45, 2.75) is 5.41 Å². The van der Waals surface area contributed by atoms with Gasteiger partial charge in [0.15, 0.2) is 5.78 Å². The van der Waals surface area contributed by atoms with Gasteiger partial charge in [0.25, 0.3) is 0 Å². The minimum Gasteiger partial charge on any atom is -0.298 e. The van der Waals surface area contributed by atoms with Crippen LogP contribution in [-0.4, -0.2) is 11.6 Å². The maximum atomic E-state index is 14.3. The topological polar surface area (TPSA) is 34.1 Å². The van der Waals surface area contributed by atoms with E-state index in [2.05, 4.69) is 42.5 Å². The fraction of sp³-hybridized carbons (Fsp3) is 0.118. The molecule has 0 radical (unpaired) electrons. The van der Waals surface area contributed by atoms with E-state index in [1.807, 2.05) is 84.9 Å². The molecule has 2 bridgehead atoms. The summed E-state index contributed by atoms with van der Waals surface area (Å²) in [5.41, 5.74) is 6.15. The summed E-state index contributed by atoms with van der Waals surface area (Å²) in [5.74, 6) is -1.10. The van der Waals surface area contributed by atoms with Crippen molar-refractivity contribution in [2.24, 2.45) is 17.8 Å². The molecule has 4 unspecified atom stereocenters. The third-order valence-electron chi connectivity index (χ3n) is 8.27. The maximum Gasteiger partial charge on any atom is 0.168 e. The molecule has 1 fully saturated rings. The molecule has 172 valence electrons. The lowest BCUT2D eigenvalue weighted by Gasteiger charge is -2.39. The van der Waals surface area contributed by atoms with Crippen molar-refractivity contribution in [1.82, 2.24) is 0 Å². The van der Waals surface area contributed by atoms with Crippen molar-refractivity contribution in [3.63, 3.8) is 0 Å². The lowest BCUT2D eigenvalue weighted by Crippen LogP contribution is -2.40. The smallest absolute Gasteiger partial charge is 0.168 e. The summed E-state index contributed by atoms with van der Waals surface area (Å²) in [4.78, 5) is 28.6. The number of allylic oxidation sites excluding steroid dienone is 4. The van der Waals surface area contributed by atoms with E-state index < -0.39 is 23.2 Å². The predicted octanol–water partition coefficient (Wildman–Crippen LogP) is 6.65. The molecule has 4 aromatic rings. The van der Waals surface area contributed by atoms with Crippen LogP contribution < -0.4 is 0 Å². The van der Waals surface area contributed by atoms with Gasteiger partial charge in [0, 0.05) is 11.0 Å². The number of benzene rings is 4. The number of ketones is 2. The van der Waals surface area contributed by atoms with E-state index >= 15 is 0 Å². The number of hydrogen-bond acceptors (Lipinski definition) is 2. The summed E-state index contributed by atoms with van der Waals surface area (Å²) in [5, 5.41) is 0. The minimum absolute atomic E-state index is 0.0754. The Labute approximate surface area is 210 Å². The lowest BCUT2D eigenvalue weighted by molar-refractivity contribution is -0.123. The van der Waals surface area contributed by atoms with E-state index in [0.717, 1.165) is 39.0 Å². The third-order valence-corrected chi connectivity index (χ3v) is 8.27. The normalized spacial score (nSPS) is 26.3. The second kappa shape index (κ2) is 7.86. The number of rotatable bonds is 4. The molecule has 0 spiro atoms. The third kappa shape index (κ3) is 2.73. The summed E-state index contributed by atoms with van der Waals surface area (Å²) in [7, 11) is 0. The van der Waals surface area contributed by atoms with E-state index in [1.54, 1.807) is 0 Å². The van der Waals surface area contributed by atoms with E-state index in [9.17, 15) is 9.59 Å². The quantitative estimate of drug-likeness (QED) is 0.339. The van der Waals surface area contributed by atoms with Crippen LogP contribution in [0.2, 0.25) is 0 Å². The van der Waals surface area contributed by atoms with E-state index in [4.69, 9.17) is 0 Å². The second-order valence-electron chi connectivity index (χ2n) is 9.94. The standard InChI is InChI=1S/C34H24O2/c35-32-26(22-13-5-1-6-14-22)21-34(25-19-11-4-12-20-25)30-28(24-17-9-3-10-18-24)27(23-15-7-2-8-16-23)29(31(32)34)33(30)36/h1-21,29-31H. The molecule has 3 aliphatic carbocycles. The average molecular weight is 465 g/mol. The van der Waals surface area contributed by atoms with Gasteiger partial charge in [0.2, 0.25) is 0 Å². The SMILES string of the molecule is O=C1C2C(c3ccccc3)=C(c3ccccc3)C1C1(c3ccccc3)C=C(c3ccccc3)C(=O)C21. The Morgan fingerprint density at radius 2 is 1.00 bits per heavy atom. The highest BCUT2D eigenvalue weighted by Crippen LogP contribution is 2.69. The van der Waals surface area contributed by atoms with Gasteiger partial charge >= 0.3 is 0 Å². The van der Waals surface area contributed by atoms with Crippen LogP contribution in [0.25, 0.3) is 16.7 Å². The Balaban J connectivity index is 1.55. The molecule has 3 aliphatic rings. The molecule has 2 nitrogen and oxygen atoms in total. The molecule has 0 aliphatic heterocycles. The van der Waals surface area contributed by atoms with Gasteiger partial charge in [0.05, 0.1) is 17.8 Å². The summed E-state index contributed by atoms with van der Waals surface area (Å²) in [6.07, 6.45) is 2.14. The average Bonchev–Trinajstić information content (AvgIpc) is 3.52. The van der Waals surface area contributed by atoms with Crippen molar-refractivity contribution >= 4 is 28.3 Å². The second-order valence-corrected chi connectivity index (χ2v) is 9.94. The molecule has 7 rings (SSSR count). The zero-order valence-electron chi connectivity index (χ0n) is 19.7. The molecule has 1 saturated carbocycles. The monoisotopic (exact) mass is 464 g/mol. The van der Waals surface area contributed by atoms with Crippen LogP contribution in [-0.2, 0) is 15.0 Å². The van der Waals surface area contributed by atoms with E-state index in [0.29, 0.717) is 0 Å². The highest BCUT2D eigenvalue weighted by atomic mass is 16.1. The number of fused-ring (bicyclic) bond motifs is 5. The highest BCUT2D eigenvalue weighted by molar-refractivity contribution is 6.32. The summed E-state index contributed by atoms with van der Waals surface area (Å²) >= 11 is 0. The fourth-order valence-electron chi connectivity index (χ4n) is 6.96. The number of hydrogen-bond donors (Lipinski definition) is 0. The van der Waals surface area contributed by atoms with Gasteiger partial charge in [-0.05, 0) is 33.4 Å². The molecule has 0 amide bonds. The maximum absolute atomic E-state index is 14.3. The minimum atomic E-state index is -0.700. The van der Waals surface area contributed by atoms with Crippen LogP contribution in [0.1, 0.15) is 22.3 Å². The van der Waals surface area contributed by atoms with Gasteiger partial charge in [-0.2, -0.15) is 0 Å². The number of Topliss-reactive ketones (excluding diaryl/α,β-unsaturated/α-hetero) is 2. The molecule has 0 aromatic heterocycles. The van der Waals surface area contributed by atoms with Crippen LogP contribution in [0.5, 0.6) is 0 Å². The number of carbonyl (C=O) groups excluding carboxylic acids is 2. The van der Waals surface area contributed by atoms with Crippen molar-refractivity contribution < 1.29 is 9.59 Å². The largest absolute Gasteiger partial charge is 0.298 e. The molecule has 36 heavy (non-hydrogen) atoms. The van der Waals surface area contributed by atoms with Crippen LogP contribution in [0.15, 0.2) is 127 Å². The first-order valence-electron chi connectivity index (χ1n) is 12.5. The van der Waals surface area contributed by atoms with Crippen LogP contribution >= 0.6 is 0 Å². The first-order chi connectivity index (χ1) is 17.7. The van der Waals surface area contributed by atoms with E-state index in [1.165, 1.54) is 0 Å². The Morgan fingerprint density at radius 1 is 0.528 bits per heavy atom. The molecule has 0 N–H and O–H groups in total. The first kappa shape index (κ1) is 21.0. The first-order valence-corrected chi connectivity index (χ1v) is 12.5. The van der Waals surface area contributed by atoms with Gasteiger partial charge in [-0.25, -0.2) is 0 Å². The highest BCUT2D eigenvalue weighted by Gasteiger charge is 2.70. The van der Waals surface area contributed by atoms with Gasteiger partial charge in [-0.15, -0.1) is 0 Å². The van der Waals surface area contributed by atoms with Gasteiger partial charge in [0.1, 0.15) is 5.78 Å². The molecular weight excluding hydrogens is 440 g/mol. The van der Waals surface area contributed by atoms with Crippen molar-refractivity contribution in [3.8, 4) is 0 Å². The van der Waals surface area contributed by atoms with Crippen LogP contribution in [0, 0.1) is 17.8 Å². The summed E-state index contributed by atoms with van der Waals surface area (Å²) in [6, 6.07) is 40.5. The zero-order valence-corrected chi connectivity index (χ0v) is 19.7. The molecular formula is C34H24O2. The van der Waals surface area contributed by atoms with Crippen LogP contribution in [0.3, 0.4) is 0 Å². The fourth-order valence-corrected chi connectivity index (χ4v) is 6.96. The number of carbonyl (C=O) groups is 2. The summed E-state index contributed by atoms with van der Waals surface area (Å²) < 4.78 is 0. The lowest BCUT2D eigenvalue weighted by atomic mass is 9.61. The Hall–Kier alpha value is -4.30. The Morgan fingerprint density at radius 3 is 1.56 bits per heavy atom.